The highest BCUT2D eigenvalue weighted by molar-refractivity contribution is 5.95. The van der Waals surface area contributed by atoms with Crippen LogP contribution in [0.15, 0.2) is 42.5 Å². The van der Waals surface area contributed by atoms with Gasteiger partial charge in [0.1, 0.15) is 0 Å². The Morgan fingerprint density at radius 3 is 2.26 bits per heavy atom. The third-order valence-electron chi connectivity index (χ3n) is 3.94. The van der Waals surface area contributed by atoms with Crippen LogP contribution in [0.3, 0.4) is 0 Å². The molecule has 0 saturated carbocycles. The van der Waals surface area contributed by atoms with Crippen LogP contribution >= 0.6 is 0 Å². The number of rotatable bonds is 6. The molecular weight excluding hydrogens is 344 g/mol. The lowest BCUT2D eigenvalue weighted by molar-refractivity contribution is -0.152. The van der Waals surface area contributed by atoms with Gasteiger partial charge in [0.15, 0.2) is 6.10 Å². The molecule has 0 bridgehead atoms. The topological polar surface area (TPSA) is 84.5 Å². The zero-order valence-electron chi connectivity index (χ0n) is 16.0. The van der Waals surface area contributed by atoms with Crippen LogP contribution < -0.4 is 10.6 Å². The minimum absolute atomic E-state index is 0.0432. The van der Waals surface area contributed by atoms with Crippen molar-refractivity contribution in [2.45, 2.75) is 40.2 Å². The summed E-state index contributed by atoms with van der Waals surface area (Å²) in [5.74, 6) is -1.03. The first-order chi connectivity index (χ1) is 12.7. The van der Waals surface area contributed by atoms with Crippen molar-refractivity contribution in [1.82, 2.24) is 0 Å². The van der Waals surface area contributed by atoms with E-state index in [4.69, 9.17) is 4.74 Å². The van der Waals surface area contributed by atoms with Gasteiger partial charge in [-0.25, -0.2) is 0 Å². The number of anilines is 2. The molecule has 0 saturated heterocycles. The van der Waals surface area contributed by atoms with Gasteiger partial charge in [0.25, 0.3) is 5.91 Å². The van der Waals surface area contributed by atoms with E-state index >= 15 is 0 Å². The van der Waals surface area contributed by atoms with Crippen LogP contribution in [-0.2, 0) is 25.5 Å². The molecule has 2 rings (SSSR count). The van der Waals surface area contributed by atoms with Crippen molar-refractivity contribution in [3.05, 3.63) is 59.2 Å². The van der Waals surface area contributed by atoms with E-state index in [0.29, 0.717) is 11.4 Å². The number of ether oxygens (including phenoxy) is 1. The number of esters is 1. The van der Waals surface area contributed by atoms with Gasteiger partial charge in [-0.1, -0.05) is 29.8 Å². The number of hydrogen-bond donors (Lipinski definition) is 2. The Kier molecular flexibility index (Phi) is 6.71. The number of benzene rings is 2. The molecule has 27 heavy (non-hydrogen) atoms. The largest absolute Gasteiger partial charge is 0.452 e. The summed E-state index contributed by atoms with van der Waals surface area (Å²) in [5, 5.41) is 5.43. The van der Waals surface area contributed by atoms with Crippen LogP contribution in [0.1, 0.15) is 30.5 Å². The van der Waals surface area contributed by atoms with Gasteiger partial charge in [-0.05, 0) is 50.1 Å². The monoisotopic (exact) mass is 368 g/mol. The molecule has 2 amide bonds. The molecule has 0 heterocycles. The molecule has 2 aromatic rings. The fourth-order valence-corrected chi connectivity index (χ4v) is 2.56. The molecule has 0 fully saturated rings. The molecule has 0 unspecified atom stereocenters. The Bertz CT molecular complexity index is 844. The predicted octanol–water partition coefficient (Wildman–Crippen LogP) is 3.37. The van der Waals surface area contributed by atoms with Crippen LogP contribution in [0.5, 0.6) is 0 Å². The average molecular weight is 368 g/mol. The first-order valence-corrected chi connectivity index (χ1v) is 8.68. The Labute approximate surface area is 158 Å². The average Bonchev–Trinajstić information content (AvgIpc) is 2.58. The van der Waals surface area contributed by atoms with Crippen LogP contribution in [0.4, 0.5) is 11.4 Å². The molecule has 142 valence electrons. The van der Waals surface area contributed by atoms with Gasteiger partial charge in [-0.15, -0.1) is 0 Å². The van der Waals surface area contributed by atoms with Gasteiger partial charge in [0.2, 0.25) is 5.91 Å². The first-order valence-electron chi connectivity index (χ1n) is 8.68. The van der Waals surface area contributed by atoms with Crippen molar-refractivity contribution < 1.29 is 19.1 Å². The molecule has 0 aliphatic heterocycles. The Morgan fingerprint density at radius 1 is 1.00 bits per heavy atom. The maximum Gasteiger partial charge on any atom is 0.311 e. The summed E-state index contributed by atoms with van der Waals surface area (Å²) in [6.45, 7) is 6.85. The molecule has 6 heteroatoms. The van der Waals surface area contributed by atoms with E-state index in [2.05, 4.69) is 10.6 Å². The number of hydrogen-bond acceptors (Lipinski definition) is 4. The molecule has 0 radical (unpaired) electrons. The molecule has 0 aliphatic rings. The summed E-state index contributed by atoms with van der Waals surface area (Å²) in [6.07, 6.45) is -0.863. The maximum absolute atomic E-state index is 12.3. The lowest BCUT2D eigenvalue weighted by Gasteiger charge is -2.15. The van der Waals surface area contributed by atoms with Gasteiger partial charge in [0, 0.05) is 18.3 Å². The van der Waals surface area contributed by atoms with Crippen LogP contribution in [-0.4, -0.2) is 23.9 Å². The molecule has 0 aliphatic carbocycles. The number of nitrogens with one attached hydrogen (secondary N) is 2. The highest BCUT2D eigenvalue weighted by atomic mass is 16.5. The highest BCUT2D eigenvalue weighted by Crippen LogP contribution is 2.17. The summed E-state index contributed by atoms with van der Waals surface area (Å²) in [6, 6.07) is 12.6. The number of carbonyl (C=O) groups excluding carboxylic acids is 3. The van der Waals surface area contributed by atoms with Gasteiger partial charge in [0.05, 0.1) is 6.42 Å². The number of carbonyl (C=O) groups is 3. The van der Waals surface area contributed by atoms with Crippen molar-refractivity contribution in [2.75, 3.05) is 10.6 Å². The summed E-state index contributed by atoms with van der Waals surface area (Å²) in [7, 11) is 0. The summed E-state index contributed by atoms with van der Waals surface area (Å²) >= 11 is 0. The zero-order chi connectivity index (χ0) is 20.0. The second-order valence-electron chi connectivity index (χ2n) is 6.49. The predicted molar refractivity (Wildman–Crippen MR) is 105 cm³/mol. The first kappa shape index (κ1) is 20.2. The van der Waals surface area contributed by atoms with E-state index in [-0.39, 0.29) is 18.2 Å². The molecule has 6 nitrogen and oxygen atoms in total. The second kappa shape index (κ2) is 8.98. The van der Waals surface area contributed by atoms with E-state index in [1.165, 1.54) is 13.8 Å². The van der Waals surface area contributed by atoms with E-state index in [9.17, 15) is 14.4 Å². The summed E-state index contributed by atoms with van der Waals surface area (Å²) in [5.41, 5.74) is 4.13. The maximum atomic E-state index is 12.3. The highest BCUT2D eigenvalue weighted by Gasteiger charge is 2.18. The van der Waals surface area contributed by atoms with Gasteiger partial charge in [-0.2, -0.15) is 0 Å². The fraction of sp³-hybridized carbons (Fsp3) is 0.286. The van der Waals surface area contributed by atoms with E-state index < -0.39 is 12.1 Å². The van der Waals surface area contributed by atoms with Gasteiger partial charge < -0.3 is 15.4 Å². The summed E-state index contributed by atoms with van der Waals surface area (Å²) < 4.78 is 5.23. The third-order valence-corrected chi connectivity index (χ3v) is 3.94. The van der Waals surface area contributed by atoms with Crippen LogP contribution in [0.2, 0.25) is 0 Å². The van der Waals surface area contributed by atoms with Crippen molar-refractivity contribution in [2.24, 2.45) is 0 Å². The van der Waals surface area contributed by atoms with E-state index in [1.807, 2.05) is 32.0 Å². The molecular formula is C21H24N2O4. The second-order valence-corrected chi connectivity index (χ2v) is 6.49. The quantitative estimate of drug-likeness (QED) is 0.766. The Hall–Kier alpha value is -3.15. The fourth-order valence-electron chi connectivity index (χ4n) is 2.56. The van der Waals surface area contributed by atoms with Crippen LogP contribution in [0, 0.1) is 13.8 Å². The van der Waals surface area contributed by atoms with Crippen molar-refractivity contribution in [1.29, 1.82) is 0 Å². The molecule has 0 aromatic heterocycles. The normalized spacial score (nSPS) is 11.4. The third kappa shape index (κ3) is 6.26. The van der Waals surface area contributed by atoms with Crippen molar-refractivity contribution >= 4 is 29.2 Å². The van der Waals surface area contributed by atoms with Crippen molar-refractivity contribution in [3.63, 3.8) is 0 Å². The zero-order valence-corrected chi connectivity index (χ0v) is 16.0. The lowest BCUT2D eigenvalue weighted by Crippen LogP contribution is -2.30. The number of amides is 2. The van der Waals surface area contributed by atoms with Crippen molar-refractivity contribution in [3.8, 4) is 0 Å². The Morgan fingerprint density at radius 2 is 1.67 bits per heavy atom. The number of aryl methyl sites for hydroxylation is 2. The molecule has 2 aromatic carbocycles. The summed E-state index contributed by atoms with van der Waals surface area (Å²) in [4.78, 5) is 35.3. The Balaban J connectivity index is 1.88. The van der Waals surface area contributed by atoms with Gasteiger partial charge >= 0.3 is 5.97 Å². The molecule has 0 spiro atoms. The minimum Gasteiger partial charge on any atom is -0.452 e. The minimum atomic E-state index is -0.906. The van der Waals surface area contributed by atoms with Gasteiger partial charge in [-0.3, -0.25) is 14.4 Å². The standard InChI is InChI=1S/C21H24N2O4/c1-13-5-10-19(14(2)11-13)23-21(26)15(3)27-20(25)12-17-6-8-18(9-7-17)22-16(4)24/h5-11,15H,12H2,1-4H3,(H,22,24)(H,23,26)/t15-/m0/s1. The van der Waals surface area contributed by atoms with Crippen LogP contribution in [0.25, 0.3) is 0 Å². The SMILES string of the molecule is CC(=O)Nc1ccc(CC(=O)O[C@@H](C)C(=O)Nc2ccc(C)cc2C)cc1. The van der Waals surface area contributed by atoms with E-state index in [1.54, 1.807) is 24.3 Å². The smallest absolute Gasteiger partial charge is 0.311 e. The van der Waals surface area contributed by atoms with E-state index in [0.717, 1.165) is 16.7 Å². The lowest BCUT2D eigenvalue weighted by atomic mass is 10.1. The molecule has 2 N–H and O–H groups in total. The molecule has 1 atom stereocenters.